The Hall–Kier alpha value is -1.00. The molecule has 14 heavy (non-hydrogen) atoms. The van der Waals surface area contributed by atoms with Crippen LogP contribution in [0.2, 0.25) is 0 Å². The van der Waals surface area contributed by atoms with E-state index >= 15 is 0 Å². The Labute approximate surface area is 87.1 Å². The van der Waals surface area contributed by atoms with E-state index in [1.165, 1.54) is 12.1 Å². The van der Waals surface area contributed by atoms with Crippen molar-refractivity contribution in [2.45, 2.75) is 6.42 Å². The van der Waals surface area contributed by atoms with E-state index in [2.05, 4.69) is 6.58 Å². The van der Waals surface area contributed by atoms with Gasteiger partial charge >= 0.3 is 0 Å². The summed E-state index contributed by atoms with van der Waals surface area (Å²) in [5, 5.41) is 9.12. The number of benzene rings is 1. The van der Waals surface area contributed by atoms with Gasteiger partial charge in [-0.25, -0.2) is 8.42 Å². The molecule has 0 aliphatic rings. The lowest BCUT2D eigenvalue weighted by atomic mass is 10.1. The molecule has 1 N–H and O–H groups in total. The first-order valence-corrected chi connectivity index (χ1v) is 6.11. The minimum Gasteiger partial charge on any atom is -0.508 e. The zero-order valence-electron chi connectivity index (χ0n) is 7.27. The molecule has 5 heteroatoms. The fourth-order valence-electron chi connectivity index (χ4n) is 0.980. The summed E-state index contributed by atoms with van der Waals surface area (Å²) < 4.78 is 21.6. The van der Waals surface area contributed by atoms with E-state index in [9.17, 15) is 8.42 Å². The van der Waals surface area contributed by atoms with Gasteiger partial charge in [0.05, 0.1) is 4.91 Å². The Morgan fingerprint density at radius 1 is 1.50 bits per heavy atom. The van der Waals surface area contributed by atoms with Crippen molar-refractivity contribution in [3.05, 3.63) is 41.3 Å². The van der Waals surface area contributed by atoms with Crippen LogP contribution in [0.1, 0.15) is 5.56 Å². The van der Waals surface area contributed by atoms with Crippen molar-refractivity contribution in [2.24, 2.45) is 0 Å². The summed E-state index contributed by atoms with van der Waals surface area (Å²) >= 11 is 0. The third-order valence-electron chi connectivity index (χ3n) is 1.66. The first kappa shape index (κ1) is 11.1. The average Bonchev–Trinajstić information content (AvgIpc) is 2.02. The third-order valence-corrected chi connectivity index (χ3v) is 3.15. The fourth-order valence-corrected chi connectivity index (χ4v) is 1.48. The van der Waals surface area contributed by atoms with Gasteiger partial charge in [-0.1, -0.05) is 18.7 Å². The Morgan fingerprint density at radius 2 is 2.14 bits per heavy atom. The van der Waals surface area contributed by atoms with Crippen LogP contribution in [0.3, 0.4) is 0 Å². The Bertz CT molecular complexity index is 451. The highest BCUT2D eigenvalue weighted by Gasteiger charge is 2.11. The van der Waals surface area contributed by atoms with E-state index in [-0.39, 0.29) is 17.1 Å². The van der Waals surface area contributed by atoms with Crippen LogP contribution in [0.15, 0.2) is 35.7 Å². The molecule has 0 radical (unpaired) electrons. The third kappa shape index (κ3) is 3.05. The molecule has 0 fully saturated rings. The molecule has 0 aliphatic heterocycles. The van der Waals surface area contributed by atoms with E-state index in [1.807, 2.05) is 0 Å². The zero-order valence-corrected chi connectivity index (χ0v) is 8.85. The molecule has 3 nitrogen and oxygen atoms in total. The maximum absolute atomic E-state index is 10.8. The normalized spacial score (nSPS) is 11.2. The van der Waals surface area contributed by atoms with E-state index in [4.69, 9.17) is 15.8 Å². The molecule has 1 rings (SSSR count). The van der Waals surface area contributed by atoms with Crippen LogP contribution < -0.4 is 0 Å². The molecular weight excluding hydrogens is 224 g/mol. The second-order valence-electron chi connectivity index (χ2n) is 2.82. The van der Waals surface area contributed by atoms with Gasteiger partial charge in [0.15, 0.2) is 0 Å². The molecule has 1 aromatic rings. The summed E-state index contributed by atoms with van der Waals surface area (Å²) in [6.45, 7) is 3.35. The fraction of sp³-hybridized carbons (Fsp3) is 0.111. The minimum atomic E-state index is -3.72. The molecule has 76 valence electrons. The maximum atomic E-state index is 10.8. The quantitative estimate of drug-likeness (QED) is 0.812. The van der Waals surface area contributed by atoms with E-state index in [0.717, 1.165) is 0 Å². The van der Waals surface area contributed by atoms with Crippen LogP contribution in [0.4, 0.5) is 0 Å². The SMILES string of the molecule is C=C(Cc1cccc(O)c1)S(=O)(=O)Cl. The molecule has 0 aliphatic carbocycles. The summed E-state index contributed by atoms with van der Waals surface area (Å²) in [5.41, 5.74) is 0.652. The summed E-state index contributed by atoms with van der Waals surface area (Å²) in [7, 11) is 1.37. The predicted octanol–water partition coefficient (Wildman–Crippen LogP) is 2.02. The molecule has 0 unspecified atom stereocenters. The average molecular weight is 233 g/mol. The van der Waals surface area contributed by atoms with E-state index in [1.54, 1.807) is 12.1 Å². The summed E-state index contributed by atoms with van der Waals surface area (Å²) in [5.74, 6) is 0.0854. The smallest absolute Gasteiger partial charge is 0.257 e. The van der Waals surface area contributed by atoms with Gasteiger partial charge < -0.3 is 5.11 Å². The first-order valence-electron chi connectivity index (χ1n) is 3.80. The predicted molar refractivity (Wildman–Crippen MR) is 55.7 cm³/mol. The molecule has 0 amide bonds. The lowest BCUT2D eigenvalue weighted by Crippen LogP contribution is -1.97. The number of hydrogen-bond acceptors (Lipinski definition) is 3. The first-order chi connectivity index (χ1) is 6.39. The van der Waals surface area contributed by atoms with Crippen molar-refractivity contribution in [1.82, 2.24) is 0 Å². The highest BCUT2D eigenvalue weighted by molar-refractivity contribution is 8.16. The standard InChI is InChI=1S/C9H9ClO3S/c1-7(14(10,12)13)5-8-3-2-4-9(11)6-8/h2-4,6,11H,1,5H2. The monoisotopic (exact) mass is 232 g/mol. The molecule has 0 saturated carbocycles. The van der Waals surface area contributed by atoms with Crippen molar-refractivity contribution >= 4 is 19.7 Å². The summed E-state index contributed by atoms with van der Waals surface area (Å²) in [6, 6.07) is 6.28. The van der Waals surface area contributed by atoms with Crippen molar-refractivity contribution < 1.29 is 13.5 Å². The molecule has 0 spiro atoms. The number of halogens is 1. The van der Waals surface area contributed by atoms with E-state index < -0.39 is 9.05 Å². The van der Waals surface area contributed by atoms with Crippen LogP contribution in [0.5, 0.6) is 5.75 Å². The highest BCUT2D eigenvalue weighted by Crippen LogP contribution is 2.18. The summed E-state index contributed by atoms with van der Waals surface area (Å²) in [6.07, 6.45) is 0.111. The van der Waals surface area contributed by atoms with Crippen LogP contribution in [0, 0.1) is 0 Å². The largest absolute Gasteiger partial charge is 0.508 e. The number of rotatable bonds is 3. The lowest BCUT2D eigenvalue weighted by molar-refractivity contribution is 0.474. The molecule has 0 heterocycles. The topological polar surface area (TPSA) is 54.4 Å². The Morgan fingerprint density at radius 3 is 2.64 bits per heavy atom. The van der Waals surface area contributed by atoms with Crippen LogP contribution in [0.25, 0.3) is 0 Å². The van der Waals surface area contributed by atoms with Gasteiger partial charge in [-0.05, 0) is 17.7 Å². The number of phenols is 1. The van der Waals surface area contributed by atoms with Gasteiger partial charge in [0.25, 0.3) is 9.05 Å². The van der Waals surface area contributed by atoms with Gasteiger partial charge in [0.2, 0.25) is 0 Å². The number of aromatic hydroxyl groups is 1. The Balaban J connectivity index is 2.86. The maximum Gasteiger partial charge on any atom is 0.257 e. The number of hydrogen-bond donors (Lipinski definition) is 1. The lowest BCUT2D eigenvalue weighted by Gasteiger charge is -2.02. The molecule has 0 aromatic heterocycles. The van der Waals surface area contributed by atoms with E-state index in [0.29, 0.717) is 5.56 Å². The van der Waals surface area contributed by atoms with Gasteiger partial charge in [0, 0.05) is 17.1 Å². The van der Waals surface area contributed by atoms with Gasteiger partial charge in [-0.2, -0.15) is 0 Å². The van der Waals surface area contributed by atoms with Gasteiger partial charge in [-0.15, -0.1) is 0 Å². The second-order valence-corrected chi connectivity index (χ2v) is 5.50. The highest BCUT2D eigenvalue weighted by atomic mass is 35.7. The minimum absolute atomic E-state index is 0.0789. The number of phenolic OH excluding ortho intramolecular Hbond substituents is 1. The van der Waals surface area contributed by atoms with Crippen LogP contribution >= 0.6 is 10.7 Å². The molecule has 0 bridgehead atoms. The van der Waals surface area contributed by atoms with Gasteiger partial charge in [-0.3, -0.25) is 0 Å². The van der Waals surface area contributed by atoms with Crippen molar-refractivity contribution in [3.63, 3.8) is 0 Å². The molecular formula is C9H9ClO3S. The van der Waals surface area contributed by atoms with Crippen molar-refractivity contribution in [1.29, 1.82) is 0 Å². The van der Waals surface area contributed by atoms with Crippen LogP contribution in [-0.2, 0) is 15.5 Å². The number of allylic oxidation sites excluding steroid dienone is 1. The van der Waals surface area contributed by atoms with Crippen molar-refractivity contribution in [2.75, 3.05) is 0 Å². The molecule has 0 atom stereocenters. The zero-order chi connectivity index (χ0) is 10.8. The second kappa shape index (κ2) is 4.02. The van der Waals surface area contributed by atoms with Crippen molar-refractivity contribution in [3.8, 4) is 5.75 Å². The van der Waals surface area contributed by atoms with Crippen LogP contribution in [-0.4, -0.2) is 13.5 Å². The molecule has 1 aromatic carbocycles. The van der Waals surface area contributed by atoms with Gasteiger partial charge in [0.1, 0.15) is 5.75 Å². The Kier molecular flexibility index (Phi) is 3.18. The molecule has 0 saturated heterocycles. The summed E-state index contributed by atoms with van der Waals surface area (Å²) in [4.78, 5) is -0.0789.